The molecule has 1 rings (SSSR count). The van der Waals surface area contributed by atoms with E-state index in [0.29, 0.717) is 0 Å². The highest BCUT2D eigenvalue weighted by atomic mass is 16.4. The number of piperidine rings is 1. The first-order valence-corrected chi connectivity index (χ1v) is 3.75. The van der Waals surface area contributed by atoms with Crippen LogP contribution in [-0.2, 0) is 0 Å². The number of hydrogen-bond acceptors (Lipinski definition) is 7. The van der Waals surface area contributed by atoms with Crippen LogP contribution in [0.5, 0.6) is 0 Å². The quantitative estimate of drug-likeness (QED) is 0.225. The lowest BCUT2D eigenvalue weighted by Gasteiger charge is -2.44. The molecule has 0 radical (unpaired) electrons. The first-order chi connectivity index (χ1) is 5.92. The second-order valence-electron chi connectivity index (χ2n) is 3.10. The van der Waals surface area contributed by atoms with Gasteiger partial charge in [-0.2, -0.15) is 0 Å². The second-order valence-corrected chi connectivity index (χ2v) is 3.10. The van der Waals surface area contributed by atoms with Gasteiger partial charge in [0.25, 0.3) is 0 Å². The fourth-order valence-corrected chi connectivity index (χ4v) is 1.22. The predicted octanol–water partition coefficient (Wildman–Crippen LogP) is -4.33. The third-order valence-electron chi connectivity index (χ3n) is 2.13. The van der Waals surface area contributed by atoms with Crippen LogP contribution in [0.25, 0.3) is 0 Å². The summed E-state index contributed by atoms with van der Waals surface area (Å²) in [5.41, 5.74) is -2.20. The lowest BCUT2D eigenvalue weighted by Crippen LogP contribution is -2.73. The first-order valence-electron chi connectivity index (χ1n) is 3.75. The summed E-state index contributed by atoms with van der Waals surface area (Å²) in [5.74, 6) is 0. The lowest BCUT2D eigenvalue weighted by molar-refractivity contribution is -0.247. The fourth-order valence-electron chi connectivity index (χ4n) is 1.22. The fraction of sp³-hybridized carbons (Fsp3) is 1.00. The van der Waals surface area contributed by atoms with E-state index < -0.39 is 36.9 Å². The maximum Gasteiger partial charge on any atom is 0.170 e. The van der Waals surface area contributed by atoms with Gasteiger partial charge in [-0.25, -0.2) is 0 Å². The average Bonchev–Trinajstić information content (AvgIpc) is 2.12. The van der Waals surface area contributed by atoms with E-state index in [4.69, 9.17) is 20.4 Å². The summed E-state index contributed by atoms with van der Waals surface area (Å²) in [6.07, 6.45) is -6.69. The summed E-state index contributed by atoms with van der Waals surface area (Å²) < 4.78 is 0. The molecule has 1 saturated heterocycles. The largest absolute Gasteiger partial charge is 0.392 e. The maximum absolute atomic E-state index is 9.36. The minimum absolute atomic E-state index is 0.894. The Balaban J connectivity index is 2.82. The Kier molecular flexibility index (Phi) is 2.88. The van der Waals surface area contributed by atoms with Crippen molar-refractivity contribution in [2.24, 2.45) is 0 Å². The van der Waals surface area contributed by atoms with Crippen molar-refractivity contribution < 1.29 is 30.6 Å². The highest BCUT2D eigenvalue weighted by Gasteiger charge is 2.50. The van der Waals surface area contributed by atoms with Crippen LogP contribution >= 0.6 is 0 Å². The average molecular weight is 195 g/mol. The molecule has 1 fully saturated rings. The van der Waals surface area contributed by atoms with E-state index in [1.165, 1.54) is 0 Å². The van der Waals surface area contributed by atoms with Crippen molar-refractivity contribution in [3.8, 4) is 0 Å². The van der Waals surface area contributed by atoms with Crippen molar-refractivity contribution in [1.29, 1.82) is 0 Å². The molecule has 0 aromatic rings. The van der Waals surface area contributed by atoms with Crippen molar-refractivity contribution in [1.82, 2.24) is 5.32 Å². The summed E-state index contributed by atoms with van der Waals surface area (Å²) in [6.45, 7) is -0.894. The molecule has 1 aliphatic heterocycles. The SMILES string of the molecule is OC[C@]1(O)NC(O)[C@@H](O)[C@@H](O)[C@@H]1O. The standard InChI is InChI=1S/C6H13NO6/c8-1-6(13)4(11)2(9)3(10)5(12)7-6/h2-5,7-13H,1H2/t2-,3+,4+,5?,6-/m1/s1. The van der Waals surface area contributed by atoms with E-state index in [1.807, 2.05) is 5.32 Å². The molecular weight excluding hydrogens is 182 g/mol. The van der Waals surface area contributed by atoms with Crippen LogP contribution < -0.4 is 5.32 Å². The van der Waals surface area contributed by atoms with Gasteiger partial charge in [0.2, 0.25) is 0 Å². The van der Waals surface area contributed by atoms with Crippen molar-refractivity contribution in [2.45, 2.75) is 30.3 Å². The Morgan fingerprint density at radius 2 is 1.62 bits per heavy atom. The summed E-state index contributed by atoms with van der Waals surface area (Å²) in [5, 5.41) is 56.4. The molecule has 1 heterocycles. The van der Waals surface area contributed by atoms with E-state index in [-0.39, 0.29) is 0 Å². The maximum atomic E-state index is 9.36. The van der Waals surface area contributed by atoms with E-state index >= 15 is 0 Å². The number of hydrogen-bond donors (Lipinski definition) is 7. The Morgan fingerprint density at radius 3 is 2.08 bits per heavy atom. The minimum atomic E-state index is -2.20. The van der Waals surface area contributed by atoms with Gasteiger partial charge in [-0.1, -0.05) is 0 Å². The van der Waals surface area contributed by atoms with Gasteiger partial charge in [0.15, 0.2) is 5.72 Å². The van der Waals surface area contributed by atoms with Gasteiger partial charge < -0.3 is 30.6 Å². The van der Waals surface area contributed by atoms with E-state index in [1.54, 1.807) is 0 Å². The molecular formula is C6H13NO6. The molecule has 0 bridgehead atoms. The summed E-state index contributed by atoms with van der Waals surface area (Å²) in [4.78, 5) is 0. The van der Waals surface area contributed by atoms with E-state index in [2.05, 4.69) is 0 Å². The zero-order chi connectivity index (χ0) is 10.2. The van der Waals surface area contributed by atoms with Crippen LogP contribution in [0.15, 0.2) is 0 Å². The Morgan fingerprint density at radius 1 is 1.08 bits per heavy atom. The third-order valence-corrected chi connectivity index (χ3v) is 2.13. The molecule has 78 valence electrons. The van der Waals surface area contributed by atoms with Crippen LogP contribution in [0.1, 0.15) is 0 Å². The molecule has 0 saturated carbocycles. The molecule has 1 unspecified atom stereocenters. The Hall–Kier alpha value is -0.280. The van der Waals surface area contributed by atoms with Crippen LogP contribution in [-0.4, -0.2) is 67.5 Å². The molecule has 0 spiro atoms. The first kappa shape index (κ1) is 10.8. The van der Waals surface area contributed by atoms with E-state index in [9.17, 15) is 10.2 Å². The van der Waals surface area contributed by atoms with Crippen molar-refractivity contribution >= 4 is 0 Å². The topological polar surface area (TPSA) is 133 Å². The molecule has 0 aromatic heterocycles. The molecule has 1 aliphatic rings. The normalized spacial score (nSPS) is 52.2. The molecule has 7 heteroatoms. The summed E-state index contributed by atoms with van der Waals surface area (Å²) in [6, 6.07) is 0. The van der Waals surface area contributed by atoms with Gasteiger partial charge in [0.1, 0.15) is 24.5 Å². The van der Waals surface area contributed by atoms with E-state index in [0.717, 1.165) is 0 Å². The monoisotopic (exact) mass is 195 g/mol. The number of aliphatic hydroxyl groups excluding tert-OH is 5. The Labute approximate surface area is 73.9 Å². The zero-order valence-electron chi connectivity index (χ0n) is 6.70. The lowest BCUT2D eigenvalue weighted by atomic mass is 9.92. The molecule has 7 nitrogen and oxygen atoms in total. The smallest absolute Gasteiger partial charge is 0.170 e. The minimum Gasteiger partial charge on any atom is -0.392 e. The van der Waals surface area contributed by atoms with Crippen molar-refractivity contribution in [2.75, 3.05) is 6.61 Å². The summed E-state index contributed by atoms with van der Waals surface area (Å²) in [7, 11) is 0. The highest BCUT2D eigenvalue weighted by molar-refractivity contribution is 4.98. The van der Waals surface area contributed by atoms with Crippen LogP contribution in [0.3, 0.4) is 0 Å². The summed E-state index contributed by atoms with van der Waals surface area (Å²) >= 11 is 0. The number of nitrogens with one attached hydrogen (secondary N) is 1. The van der Waals surface area contributed by atoms with Gasteiger partial charge in [0.05, 0.1) is 6.61 Å². The Bertz CT molecular complexity index is 190. The van der Waals surface area contributed by atoms with Gasteiger partial charge in [-0.3, -0.25) is 5.32 Å². The van der Waals surface area contributed by atoms with Gasteiger partial charge in [-0.05, 0) is 0 Å². The molecule has 5 atom stereocenters. The molecule has 0 aliphatic carbocycles. The zero-order valence-corrected chi connectivity index (χ0v) is 6.70. The van der Waals surface area contributed by atoms with Gasteiger partial charge in [0, 0.05) is 0 Å². The number of aliphatic hydroxyl groups is 6. The second kappa shape index (κ2) is 3.46. The number of rotatable bonds is 1. The highest BCUT2D eigenvalue weighted by Crippen LogP contribution is 2.20. The van der Waals surface area contributed by atoms with Gasteiger partial charge >= 0.3 is 0 Å². The van der Waals surface area contributed by atoms with Crippen LogP contribution in [0.2, 0.25) is 0 Å². The third kappa shape index (κ3) is 1.67. The van der Waals surface area contributed by atoms with Crippen molar-refractivity contribution in [3.05, 3.63) is 0 Å². The predicted molar refractivity (Wildman–Crippen MR) is 39.2 cm³/mol. The van der Waals surface area contributed by atoms with Crippen LogP contribution in [0, 0.1) is 0 Å². The van der Waals surface area contributed by atoms with Crippen molar-refractivity contribution in [3.63, 3.8) is 0 Å². The van der Waals surface area contributed by atoms with Crippen LogP contribution in [0.4, 0.5) is 0 Å². The van der Waals surface area contributed by atoms with Gasteiger partial charge in [-0.15, -0.1) is 0 Å². The molecule has 7 N–H and O–H groups in total. The molecule has 0 amide bonds. The molecule has 13 heavy (non-hydrogen) atoms. The molecule has 0 aromatic carbocycles.